The number of amides is 1. The quantitative estimate of drug-likeness (QED) is 0.477. The first kappa shape index (κ1) is 11.5. The number of carbonyl (C=O) groups is 2. The van der Waals surface area contributed by atoms with E-state index in [1.54, 1.807) is 6.07 Å². The minimum atomic E-state index is -0.0452. The summed E-state index contributed by atoms with van der Waals surface area (Å²) in [5.41, 5.74) is 0. The molecule has 4 heteroatoms. The van der Waals surface area contributed by atoms with Crippen LogP contribution in [0.25, 0.3) is 0 Å². The summed E-state index contributed by atoms with van der Waals surface area (Å²) in [5, 5.41) is 2.65. The second-order valence-corrected chi connectivity index (χ2v) is 3.97. The van der Waals surface area contributed by atoms with Crippen molar-refractivity contribution >= 4 is 23.5 Å². The molecule has 1 aromatic heterocycles. The molecular weight excluding hydrogens is 210 g/mol. The van der Waals surface area contributed by atoms with E-state index in [1.165, 1.54) is 18.3 Å². The first-order valence-electron chi connectivity index (χ1n) is 4.50. The smallest absolute Gasteiger partial charge is 0.216 e. The molecule has 0 saturated carbocycles. The molecule has 0 bridgehead atoms. The zero-order valence-electron chi connectivity index (χ0n) is 8.37. The summed E-state index contributed by atoms with van der Waals surface area (Å²) in [6.07, 6.45) is 1.43. The summed E-state index contributed by atoms with van der Waals surface area (Å²) in [6.45, 7) is 2.04. The molecule has 0 aliphatic rings. The van der Waals surface area contributed by atoms with Crippen LogP contribution in [0.2, 0.25) is 0 Å². The largest absolute Gasteiger partial charge is 0.355 e. The molecule has 0 unspecified atom stereocenters. The number of nitrogens with one attached hydrogen (secondary N) is 1. The van der Waals surface area contributed by atoms with Crippen molar-refractivity contribution in [1.82, 2.24) is 5.32 Å². The Labute approximate surface area is 92.5 Å². The zero-order chi connectivity index (χ0) is 11.1. The molecule has 1 aromatic rings. The van der Waals surface area contributed by atoms with Gasteiger partial charge in [-0.05, 0) is 12.1 Å². The number of hydrogen-bond donors (Lipinski definition) is 1. The van der Waals surface area contributed by atoms with Crippen LogP contribution < -0.4 is 5.32 Å². The number of thiophene rings is 1. The molecule has 0 atom stereocenters. The summed E-state index contributed by atoms with van der Waals surface area (Å²) >= 11 is 1.37. The fourth-order valence-corrected chi connectivity index (χ4v) is 1.63. The van der Waals surface area contributed by atoms with Crippen molar-refractivity contribution in [1.29, 1.82) is 0 Å². The zero-order valence-corrected chi connectivity index (χ0v) is 9.19. The molecule has 3 nitrogen and oxygen atoms in total. The number of aldehydes is 1. The van der Waals surface area contributed by atoms with Crippen LogP contribution >= 0.6 is 11.3 Å². The van der Waals surface area contributed by atoms with E-state index in [0.29, 0.717) is 17.8 Å². The summed E-state index contributed by atoms with van der Waals surface area (Å²) in [4.78, 5) is 22.5. The lowest BCUT2D eigenvalue weighted by molar-refractivity contribution is -0.118. The lowest BCUT2D eigenvalue weighted by Crippen LogP contribution is -2.20. The third-order valence-electron chi connectivity index (χ3n) is 1.58. The van der Waals surface area contributed by atoms with Gasteiger partial charge in [0.25, 0.3) is 0 Å². The molecule has 1 N–H and O–H groups in total. The fraction of sp³-hybridized carbons (Fsp3) is 0.273. The molecule has 0 saturated heterocycles. The van der Waals surface area contributed by atoms with E-state index < -0.39 is 0 Å². The SMILES string of the molecule is CC(=O)NCCC#Cc1ccc(C=O)s1. The van der Waals surface area contributed by atoms with Crippen LogP contribution in [0.4, 0.5) is 0 Å². The van der Waals surface area contributed by atoms with Gasteiger partial charge in [-0.25, -0.2) is 0 Å². The van der Waals surface area contributed by atoms with Gasteiger partial charge in [0.05, 0.1) is 9.75 Å². The highest BCUT2D eigenvalue weighted by molar-refractivity contribution is 7.14. The topological polar surface area (TPSA) is 46.2 Å². The molecule has 0 aromatic carbocycles. The van der Waals surface area contributed by atoms with Gasteiger partial charge in [-0.3, -0.25) is 9.59 Å². The van der Waals surface area contributed by atoms with E-state index >= 15 is 0 Å². The van der Waals surface area contributed by atoms with Crippen molar-refractivity contribution in [3.05, 3.63) is 21.9 Å². The predicted molar refractivity (Wildman–Crippen MR) is 59.9 cm³/mol. The Morgan fingerprint density at radius 1 is 1.60 bits per heavy atom. The van der Waals surface area contributed by atoms with Gasteiger partial charge in [-0.2, -0.15) is 0 Å². The van der Waals surface area contributed by atoms with Gasteiger partial charge in [0.1, 0.15) is 0 Å². The van der Waals surface area contributed by atoms with Gasteiger partial charge in [0, 0.05) is 19.9 Å². The van der Waals surface area contributed by atoms with Gasteiger partial charge in [-0.15, -0.1) is 11.3 Å². The minimum Gasteiger partial charge on any atom is -0.355 e. The van der Waals surface area contributed by atoms with Crippen LogP contribution in [-0.2, 0) is 4.79 Å². The van der Waals surface area contributed by atoms with E-state index in [0.717, 1.165) is 11.2 Å². The molecule has 1 amide bonds. The van der Waals surface area contributed by atoms with Crippen molar-refractivity contribution in [3.8, 4) is 11.8 Å². The van der Waals surface area contributed by atoms with Gasteiger partial charge >= 0.3 is 0 Å². The Balaban J connectivity index is 2.37. The highest BCUT2D eigenvalue weighted by Crippen LogP contribution is 2.12. The monoisotopic (exact) mass is 221 g/mol. The Kier molecular flexibility index (Phi) is 4.58. The lowest BCUT2D eigenvalue weighted by atomic mass is 10.4. The molecule has 0 fully saturated rings. The number of hydrogen-bond acceptors (Lipinski definition) is 3. The molecule has 0 spiro atoms. The van der Waals surface area contributed by atoms with Crippen LogP contribution in [0.3, 0.4) is 0 Å². The van der Waals surface area contributed by atoms with Gasteiger partial charge in [0.2, 0.25) is 5.91 Å². The van der Waals surface area contributed by atoms with Gasteiger partial charge in [-0.1, -0.05) is 11.8 Å². The van der Waals surface area contributed by atoms with E-state index in [-0.39, 0.29) is 5.91 Å². The van der Waals surface area contributed by atoms with Crippen molar-refractivity contribution in [2.45, 2.75) is 13.3 Å². The number of carbonyl (C=O) groups excluding carboxylic acids is 2. The molecule has 78 valence electrons. The van der Waals surface area contributed by atoms with E-state index in [2.05, 4.69) is 17.2 Å². The Hall–Kier alpha value is -1.60. The third-order valence-corrected chi connectivity index (χ3v) is 2.50. The first-order valence-corrected chi connectivity index (χ1v) is 5.32. The average Bonchev–Trinajstić information content (AvgIpc) is 2.65. The van der Waals surface area contributed by atoms with Crippen molar-refractivity contribution in [3.63, 3.8) is 0 Å². The van der Waals surface area contributed by atoms with E-state index in [1.807, 2.05) is 6.07 Å². The van der Waals surface area contributed by atoms with Crippen LogP contribution in [0, 0.1) is 11.8 Å². The van der Waals surface area contributed by atoms with Gasteiger partial charge in [0.15, 0.2) is 6.29 Å². The maximum absolute atomic E-state index is 10.5. The standard InChI is InChI=1S/C11H11NO2S/c1-9(14)12-7-3-2-4-10-5-6-11(8-13)15-10/h5-6,8H,3,7H2,1H3,(H,12,14). The first-order chi connectivity index (χ1) is 7.22. The maximum atomic E-state index is 10.5. The average molecular weight is 221 g/mol. The van der Waals surface area contributed by atoms with Crippen LogP contribution in [0.1, 0.15) is 27.9 Å². The summed E-state index contributed by atoms with van der Waals surface area (Å²) in [6, 6.07) is 3.56. The highest BCUT2D eigenvalue weighted by Gasteiger charge is 1.94. The summed E-state index contributed by atoms with van der Waals surface area (Å²) in [5.74, 6) is 5.81. The van der Waals surface area contributed by atoms with E-state index in [4.69, 9.17) is 0 Å². The molecule has 0 aliphatic carbocycles. The summed E-state index contributed by atoms with van der Waals surface area (Å²) in [7, 11) is 0. The fourth-order valence-electron chi connectivity index (χ4n) is 0.934. The minimum absolute atomic E-state index is 0.0452. The van der Waals surface area contributed by atoms with E-state index in [9.17, 15) is 9.59 Å². The molecule has 1 rings (SSSR count). The predicted octanol–water partition coefficient (Wildman–Crippen LogP) is 1.44. The second-order valence-electron chi connectivity index (χ2n) is 2.85. The normalized spacial score (nSPS) is 8.87. The van der Waals surface area contributed by atoms with Crippen molar-refractivity contribution in [2.75, 3.05) is 6.54 Å². The van der Waals surface area contributed by atoms with Gasteiger partial charge < -0.3 is 5.32 Å². The Morgan fingerprint density at radius 3 is 3.00 bits per heavy atom. The number of rotatable bonds is 3. The second kappa shape index (κ2) is 5.99. The maximum Gasteiger partial charge on any atom is 0.216 e. The highest BCUT2D eigenvalue weighted by atomic mass is 32.1. The van der Waals surface area contributed by atoms with Crippen LogP contribution in [0.15, 0.2) is 12.1 Å². The van der Waals surface area contributed by atoms with Crippen molar-refractivity contribution in [2.24, 2.45) is 0 Å². The van der Waals surface area contributed by atoms with Crippen molar-refractivity contribution < 1.29 is 9.59 Å². The Morgan fingerprint density at radius 2 is 2.40 bits per heavy atom. The Bertz CT molecular complexity index is 412. The molecule has 15 heavy (non-hydrogen) atoms. The van der Waals surface area contributed by atoms with Crippen LogP contribution in [0.5, 0.6) is 0 Å². The third kappa shape index (κ3) is 4.43. The lowest BCUT2D eigenvalue weighted by Gasteiger charge is -1.94. The molecule has 1 heterocycles. The molecular formula is C11H11NO2S. The molecule has 0 radical (unpaired) electrons. The molecule has 0 aliphatic heterocycles. The van der Waals surface area contributed by atoms with Crippen LogP contribution in [-0.4, -0.2) is 18.7 Å². The summed E-state index contributed by atoms with van der Waals surface area (Å²) < 4.78 is 0.